The van der Waals surface area contributed by atoms with Crippen molar-refractivity contribution in [1.29, 1.82) is 5.53 Å². The Bertz CT molecular complexity index is 909. The number of unbranched alkanes of at least 4 members (excludes halogenated alkanes) is 1. The van der Waals surface area contributed by atoms with Crippen LogP contribution in [0, 0.1) is 5.53 Å². The van der Waals surface area contributed by atoms with Gasteiger partial charge in [0.15, 0.2) is 0 Å². The molecular weight excluding hydrogens is 382 g/mol. The van der Waals surface area contributed by atoms with Crippen molar-refractivity contribution >= 4 is 17.6 Å². The lowest BCUT2D eigenvalue weighted by atomic mass is 9.96. The number of nitrogens with zero attached hydrogens (tertiary/aromatic N) is 3. The van der Waals surface area contributed by atoms with Gasteiger partial charge in [0.25, 0.3) is 0 Å². The number of hydrogen-bond acceptors (Lipinski definition) is 5. The average molecular weight is 409 g/mol. The molecule has 0 saturated carbocycles. The van der Waals surface area contributed by atoms with Crippen LogP contribution in [-0.2, 0) is 16.1 Å². The monoisotopic (exact) mass is 409 g/mol. The molecule has 2 aromatic carbocycles. The van der Waals surface area contributed by atoms with Crippen LogP contribution in [0.25, 0.3) is 11.1 Å². The molecule has 2 rings (SSSR count). The number of carbonyl (C=O) groups is 2. The third-order valence-corrected chi connectivity index (χ3v) is 4.66. The molecule has 0 aliphatic rings. The van der Waals surface area contributed by atoms with Gasteiger partial charge in [-0.3, -0.25) is 9.59 Å². The molecule has 4 N–H and O–H groups in total. The van der Waals surface area contributed by atoms with Gasteiger partial charge in [0, 0.05) is 25.1 Å². The normalized spacial score (nSPS) is 11.2. The van der Waals surface area contributed by atoms with Crippen LogP contribution in [0.3, 0.4) is 0 Å². The fourth-order valence-electron chi connectivity index (χ4n) is 3.14. The molecule has 0 fully saturated rings. The van der Waals surface area contributed by atoms with Crippen molar-refractivity contribution in [2.75, 3.05) is 13.1 Å². The highest BCUT2D eigenvalue weighted by atomic mass is 16.4. The first-order valence-electron chi connectivity index (χ1n) is 9.81. The van der Waals surface area contributed by atoms with Crippen LogP contribution in [-0.4, -0.2) is 40.7 Å². The Morgan fingerprint density at radius 2 is 1.83 bits per heavy atom. The lowest BCUT2D eigenvalue weighted by Crippen LogP contribution is -2.35. The lowest BCUT2D eigenvalue weighted by molar-refractivity contribution is -0.144. The summed E-state index contributed by atoms with van der Waals surface area (Å²) >= 11 is 0. The van der Waals surface area contributed by atoms with Crippen molar-refractivity contribution in [3.05, 3.63) is 59.7 Å². The van der Waals surface area contributed by atoms with E-state index in [-0.39, 0.29) is 25.5 Å². The van der Waals surface area contributed by atoms with E-state index < -0.39 is 5.97 Å². The van der Waals surface area contributed by atoms with E-state index in [0.717, 1.165) is 35.1 Å². The predicted octanol–water partition coefficient (Wildman–Crippen LogP) is 3.65. The molecule has 0 atom stereocenters. The van der Waals surface area contributed by atoms with Crippen LogP contribution in [0.5, 0.6) is 0 Å². The molecule has 0 aromatic heterocycles. The number of carbonyl (C=O) groups excluding carboxylic acids is 1. The highest BCUT2D eigenvalue weighted by Gasteiger charge is 2.17. The summed E-state index contributed by atoms with van der Waals surface area (Å²) in [5, 5.41) is 16.1. The maximum atomic E-state index is 12.4. The third kappa shape index (κ3) is 6.31. The first-order valence-corrected chi connectivity index (χ1v) is 9.81. The Balaban J connectivity index is 2.26. The Labute approximate surface area is 175 Å². The fourth-order valence-corrected chi connectivity index (χ4v) is 3.14. The van der Waals surface area contributed by atoms with Crippen LogP contribution < -0.4 is 5.73 Å². The van der Waals surface area contributed by atoms with Gasteiger partial charge in [-0.25, -0.2) is 0 Å². The Kier molecular flexibility index (Phi) is 8.83. The van der Waals surface area contributed by atoms with Crippen LogP contribution in [0.1, 0.15) is 37.3 Å². The summed E-state index contributed by atoms with van der Waals surface area (Å²) in [6, 6.07) is 15.2. The smallest absolute Gasteiger partial charge is 0.323 e. The van der Waals surface area contributed by atoms with Gasteiger partial charge >= 0.3 is 5.97 Å². The van der Waals surface area contributed by atoms with Gasteiger partial charge in [-0.1, -0.05) is 67.1 Å². The zero-order valence-electron chi connectivity index (χ0n) is 17.0. The molecule has 8 heteroatoms. The Hall–Kier alpha value is -3.39. The van der Waals surface area contributed by atoms with Gasteiger partial charge in [-0.2, -0.15) is 5.53 Å². The number of nitrogens with two attached hydrogens (primary N) is 1. The van der Waals surface area contributed by atoms with E-state index in [1.54, 1.807) is 0 Å². The summed E-state index contributed by atoms with van der Waals surface area (Å²) < 4.78 is 0. The third-order valence-electron chi connectivity index (χ3n) is 4.66. The number of carboxylic acid groups (broad SMARTS) is 1. The quantitative estimate of drug-likeness (QED) is 0.297. The number of carboxylic acids is 1. The van der Waals surface area contributed by atoms with Gasteiger partial charge < -0.3 is 15.7 Å². The van der Waals surface area contributed by atoms with Gasteiger partial charge in [-0.05, 0) is 23.1 Å². The fraction of sp³-hybridized carbons (Fsp3) is 0.318. The molecule has 0 spiro atoms. The molecule has 158 valence electrons. The van der Waals surface area contributed by atoms with Gasteiger partial charge in [0.2, 0.25) is 5.91 Å². The molecule has 0 unspecified atom stereocenters. The molecule has 0 saturated heterocycles. The largest absolute Gasteiger partial charge is 0.480 e. The van der Waals surface area contributed by atoms with E-state index in [4.69, 9.17) is 16.4 Å². The number of benzene rings is 2. The van der Waals surface area contributed by atoms with Gasteiger partial charge in [0.1, 0.15) is 6.54 Å². The zero-order valence-corrected chi connectivity index (χ0v) is 17.0. The highest BCUT2D eigenvalue weighted by molar-refractivity contribution is 6.07. The lowest BCUT2D eigenvalue weighted by Gasteiger charge is -2.21. The summed E-state index contributed by atoms with van der Waals surface area (Å²) in [5.74, 6) is -1.18. The minimum Gasteiger partial charge on any atom is -0.480 e. The number of rotatable bonds is 11. The maximum Gasteiger partial charge on any atom is 0.323 e. The molecule has 2 aromatic rings. The molecule has 30 heavy (non-hydrogen) atoms. The van der Waals surface area contributed by atoms with E-state index >= 15 is 0 Å². The molecular formula is C22H27N5O3. The van der Waals surface area contributed by atoms with Crippen molar-refractivity contribution in [2.45, 2.75) is 32.7 Å². The summed E-state index contributed by atoms with van der Waals surface area (Å²) in [5.41, 5.74) is 16.7. The first-order chi connectivity index (χ1) is 14.5. The molecule has 1 amide bonds. The van der Waals surface area contributed by atoms with E-state index in [2.05, 4.69) is 10.3 Å². The first kappa shape index (κ1) is 22.9. The van der Waals surface area contributed by atoms with E-state index in [9.17, 15) is 9.59 Å². The highest BCUT2D eigenvalue weighted by Crippen LogP contribution is 2.25. The van der Waals surface area contributed by atoms with Crippen LogP contribution in [0.4, 0.5) is 0 Å². The average Bonchev–Trinajstić information content (AvgIpc) is 2.75. The molecule has 0 bridgehead atoms. The van der Waals surface area contributed by atoms with E-state index in [1.807, 2.05) is 55.5 Å². The Morgan fingerprint density at radius 3 is 2.43 bits per heavy atom. The van der Waals surface area contributed by atoms with Gasteiger partial charge in [-0.15, -0.1) is 5.10 Å². The standard InChI is InChI=1S/C22H27N5O3/c1-2-3-8-21(28)27(15-22(29)30)14-16-9-11-17(12-10-16)18-6-4-5-7-19(18)20(13-23)25-26-24/h4-7,9-12,24H,2-3,8,13-15,23H2,1H3,(H,29,30)/b25-20+,26-24?. The van der Waals surface area contributed by atoms with Crippen molar-refractivity contribution in [2.24, 2.45) is 16.1 Å². The summed E-state index contributed by atoms with van der Waals surface area (Å²) in [6.07, 6.45) is 1.96. The molecule has 0 radical (unpaired) electrons. The minimum atomic E-state index is -1.03. The Morgan fingerprint density at radius 1 is 1.13 bits per heavy atom. The number of aliphatic carboxylic acids is 1. The van der Waals surface area contributed by atoms with Crippen molar-refractivity contribution in [3.8, 4) is 11.1 Å². The van der Waals surface area contributed by atoms with Crippen molar-refractivity contribution in [1.82, 2.24) is 4.90 Å². The van der Waals surface area contributed by atoms with E-state index in [1.165, 1.54) is 4.90 Å². The number of nitrogens with one attached hydrogen (secondary N) is 1. The second-order valence-corrected chi connectivity index (χ2v) is 6.84. The zero-order chi connectivity index (χ0) is 21.9. The molecule has 0 heterocycles. The van der Waals surface area contributed by atoms with Crippen LogP contribution in [0.2, 0.25) is 0 Å². The molecule has 0 aliphatic heterocycles. The summed E-state index contributed by atoms with van der Waals surface area (Å²) in [6.45, 7) is 2.07. The van der Waals surface area contributed by atoms with Crippen LogP contribution in [0.15, 0.2) is 58.9 Å². The van der Waals surface area contributed by atoms with Crippen LogP contribution >= 0.6 is 0 Å². The molecule has 8 nitrogen and oxygen atoms in total. The maximum absolute atomic E-state index is 12.4. The predicted molar refractivity (Wildman–Crippen MR) is 115 cm³/mol. The summed E-state index contributed by atoms with van der Waals surface area (Å²) in [7, 11) is 0. The second kappa shape index (κ2) is 11.6. The molecule has 0 aliphatic carbocycles. The number of amides is 1. The van der Waals surface area contributed by atoms with Crippen molar-refractivity contribution < 1.29 is 14.7 Å². The topological polar surface area (TPSA) is 132 Å². The van der Waals surface area contributed by atoms with Crippen molar-refractivity contribution in [3.63, 3.8) is 0 Å². The summed E-state index contributed by atoms with van der Waals surface area (Å²) in [4.78, 5) is 24.9. The number of hydrogen-bond donors (Lipinski definition) is 3. The van der Waals surface area contributed by atoms with E-state index in [0.29, 0.717) is 12.1 Å². The SMILES string of the molecule is CCCCC(=O)N(CC(=O)O)Cc1ccc(-c2ccccc2/C(CN)=N/N=N)cc1. The van der Waals surface area contributed by atoms with Gasteiger partial charge in [0.05, 0.1) is 5.71 Å². The second-order valence-electron chi connectivity index (χ2n) is 6.84. The minimum absolute atomic E-state index is 0.154.